The van der Waals surface area contributed by atoms with E-state index in [1.54, 1.807) is 17.8 Å². The van der Waals surface area contributed by atoms with Crippen LogP contribution in [-0.2, 0) is 4.79 Å². The van der Waals surface area contributed by atoms with Crippen LogP contribution in [0.1, 0.15) is 24.3 Å². The highest BCUT2D eigenvalue weighted by molar-refractivity contribution is 7.13. The van der Waals surface area contributed by atoms with Crippen molar-refractivity contribution in [1.82, 2.24) is 14.9 Å². The van der Waals surface area contributed by atoms with Crippen molar-refractivity contribution >= 4 is 39.6 Å². The number of carbonyl (C=O) groups is 1. The van der Waals surface area contributed by atoms with Crippen LogP contribution in [0.15, 0.2) is 17.8 Å². The number of nitro groups is 1. The molecule has 10 nitrogen and oxygen atoms in total. The first-order chi connectivity index (χ1) is 13.5. The summed E-state index contributed by atoms with van der Waals surface area (Å²) in [5, 5.41) is 16.8. The van der Waals surface area contributed by atoms with Gasteiger partial charge in [-0.2, -0.15) is 0 Å². The molecule has 0 atom stereocenters. The molecule has 3 heterocycles. The summed E-state index contributed by atoms with van der Waals surface area (Å²) in [6.07, 6.45) is 5.37. The van der Waals surface area contributed by atoms with E-state index in [-0.39, 0.29) is 24.0 Å². The number of aromatic nitrogens is 2. The van der Waals surface area contributed by atoms with Crippen molar-refractivity contribution in [3.63, 3.8) is 0 Å². The largest absolute Gasteiger partial charge is 0.378 e. The van der Waals surface area contributed by atoms with Gasteiger partial charge in [-0.25, -0.2) is 9.97 Å². The third kappa shape index (κ3) is 3.90. The van der Waals surface area contributed by atoms with Crippen molar-refractivity contribution < 1.29 is 9.72 Å². The molecule has 148 valence electrons. The van der Waals surface area contributed by atoms with Gasteiger partial charge in [-0.05, 0) is 18.8 Å². The van der Waals surface area contributed by atoms with Gasteiger partial charge in [-0.3, -0.25) is 19.8 Å². The Kier molecular flexibility index (Phi) is 5.09. The number of thiazole rings is 1. The van der Waals surface area contributed by atoms with Gasteiger partial charge in [0.15, 0.2) is 5.13 Å². The zero-order valence-corrected chi connectivity index (χ0v) is 16.0. The van der Waals surface area contributed by atoms with Crippen molar-refractivity contribution in [2.45, 2.75) is 18.8 Å². The number of piperazine rings is 1. The van der Waals surface area contributed by atoms with Gasteiger partial charge in [-0.15, -0.1) is 11.3 Å². The molecule has 2 aromatic rings. The molecule has 2 fully saturated rings. The van der Waals surface area contributed by atoms with E-state index in [0.29, 0.717) is 42.9 Å². The summed E-state index contributed by atoms with van der Waals surface area (Å²) < 4.78 is 0. The molecule has 28 heavy (non-hydrogen) atoms. The standard InChI is InChI=1S/C17H21N7O3S/c18-16-15(24(26)27)14(12(9-20-16)11-1-2-11)23-6-4-22(5-7-23)10-13(25)21-17-19-3-8-28-17/h3,8-9,11H,1-2,4-7,10H2,(H2,18,20)(H,19,21,25). The van der Waals surface area contributed by atoms with Crippen molar-refractivity contribution in [2.24, 2.45) is 0 Å². The third-order valence-electron chi connectivity index (χ3n) is 5.02. The van der Waals surface area contributed by atoms with Crippen LogP contribution in [0.25, 0.3) is 0 Å². The number of anilines is 3. The molecule has 2 aromatic heterocycles. The summed E-state index contributed by atoms with van der Waals surface area (Å²) in [5.74, 6) is 0.166. The smallest absolute Gasteiger partial charge is 0.334 e. The second-order valence-corrected chi connectivity index (χ2v) is 7.87. The summed E-state index contributed by atoms with van der Waals surface area (Å²) in [4.78, 5) is 35.5. The van der Waals surface area contributed by atoms with E-state index in [9.17, 15) is 14.9 Å². The van der Waals surface area contributed by atoms with Gasteiger partial charge in [0.1, 0.15) is 5.69 Å². The topological polar surface area (TPSA) is 131 Å². The lowest BCUT2D eigenvalue weighted by Gasteiger charge is -2.36. The van der Waals surface area contributed by atoms with Crippen LogP contribution in [-0.4, -0.2) is 58.4 Å². The van der Waals surface area contributed by atoms with E-state index < -0.39 is 4.92 Å². The first-order valence-corrected chi connectivity index (χ1v) is 10.0. The maximum absolute atomic E-state index is 12.2. The highest BCUT2D eigenvalue weighted by Gasteiger charge is 2.36. The predicted molar refractivity (Wildman–Crippen MR) is 107 cm³/mol. The molecule has 1 saturated heterocycles. The number of hydrogen-bond donors (Lipinski definition) is 2. The van der Waals surface area contributed by atoms with Gasteiger partial charge in [-0.1, -0.05) is 0 Å². The second-order valence-electron chi connectivity index (χ2n) is 6.98. The minimum atomic E-state index is -0.433. The number of rotatable bonds is 6. The number of nitrogen functional groups attached to an aromatic ring is 1. The minimum absolute atomic E-state index is 0.0466. The van der Waals surface area contributed by atoms with Gasteiger partial charge >= 0.3 is 5.69 Å². The van der Waals surface area contributed by atoms with Crippen molar-refractivity contribution in [3.8, 4) is 0 Å². The van der Waals surface area contributed by atoms with Crippen molar-refractivity contribution in [3.05, 3.63) is 33.5 Å². The summed E-state index contributed by atoms with van der Waals surface area (Å²) in [6.45, 7) is 2.72. The first kappa shape index (κ1) is 18.6. The summed E-state index contributed by atoms with van der Waals surface area (Å²) >= 11 is 1.38. The van der Waals surface area contributed by atoms with E-state index in [1.165, 1.54) is 11.3 Å². The van der Waals surface area contributed by atoms with Crippen LogP contribution >= 0.6 is 11.3 Å². The fraction of sp³-hybridized carbons (Fsp3) is 0.471. The van der Waals surface area contributed by atoms with Crippen LogP contribution in [0.5, 0.6) is 0 Å². The van der Waals surface area contributed by atoms with E-state index >= 15 is 0 Å². The number of carbonyl (C=O) groups excluding carboxylic acids is 1. The number of pyridine rings is 1. The molecule has 1 amide bonds. The normalized spacial score (nSPS) is 17.5. The average molecular weight is 403 g/mol. The first-order valence-electron chi connectivity index (χ1n) is 9.12. The lowest BCUT2D eigenvalue weighted by Crippen LogP contribution is -2.49. The fourth-order valence-electron chi connectivity index (χ4n) is 3.50. The molecular weight excluding hydrogens is 382 g/mol. The fourth-order valence-corrected chi connectivity index (χ4v) is 4.05. The van der Waals surface area contributed by atoms with Crippen LogP contribution in [0.4, 0.5) is 22.3 Å². The van der Waals surface area contributed by atoms with Crippen LogP contribution in [0.2, 0.25) is 0 Å². The molecule has 1 saturated carbocycles. The molecule has 4 rings (SSSR count). The molecule has 2 aliphatic rings. The Labute approximate surface area is 165 Å². The van der Waals surface area contributed by atoms with Gasteiger partial charge in [0.25, 0.3) is 0 Å². The Balaban J connectivity index is 1.44. The van der Waals surface area contributed by atoms with Crippen LogP contribution < -0.4 is 16.0 Å². The number of amides is 1. The molecule has 0 bridgehead atoms. The van der Waals surface area contributed by atoms with Gasteiger partial charge < -0.3 is 16.0 Å². The Morgan fingerprint density at radius 3 is 2.68 bits per heavy atom. The Bertz CT molecular complexity index is 877. The quantitative estimate of drug-likeness (QED) is 0.550. The van der Waals surface area contributed by atoms with E-state index in [4.69, 9.17) is 5.73 Å². The van der Waals surface area contributed by atoms with Gasteiger partial charge in [0, 0.05) is 49.5 Å². The van der Waals surface area contributed by atoms with Crippen LogP contribution in [0, 0.1) is 10.1 Å². The minimum Gasteiger partial charge on any atom is -0.378 e. The van der Waals surface area contributed by atoms with Gasteiger partial charge in [0.2, 0.25) is 11.7 Å². The molecule has 1 aliphatic carbocycles. The third-order valence-corrected chi connectivity index (χ3v) is 5.71. The zero-order valence-electron chi connectivity index (χ0n) is 15.2. The lowest BCUT2D eigenvalue weighted by atomic mass is 10.1. The lowest BCUT2D eigenvalue weighted by molar-refractivity contribution is -0.383. The summed E-state index contributed by atoms with van der Waals surface area (Å²) in [6, 6.07) is 0. The zero-order chi connectivity index (χ0) is 19.7. The number of hydrogen-bond acceptors (Lipinski definition) is 9. The molecule has 0 spiro atoms. The molecule has 0 radical (unpaired) electrons. The average Bonchev–Trinajstić information content (AvgIpc) is 3.38. The number of nitrogens with two attached hydrogens (primary N) is 1. The Morgan fingerprint density at radius 2 is 2.07 bits per heavy atom. The Hall–Kier alpha value is -2.79. The number of nitrogens with one attached hydrogen (secondary N) is 1. The predicted octanol–water partition coefficient (Wildman–Crippen LogP) is 1.67. The molecule has 1 aliphatic heterocycles. The summed E-state index contributed by atoms with van der Waals surface area (Å²) in [7, 11) is 0. The molecular formula is C17H21N7O3S. The second kappa shape index (κ2) is 7.68. The van der Waals surface area contributed by atoms with Crippen molar-refractivity contribution in [1.29, 1.82) is 0 Å². The highest BCUT2D eigenvalue weighted by Crippen LogP contribution is 2.48. The van der Waals surface area contributed by atoms with E-state index in [1.807, 2.05) is 9.80 Å². The maximum atomic E-state index is 12.2. The van der Waals surface area contributed by atoms with Crippen LogP contribution in [0.3, 0.4) is 0 Å². The molecule has 0 aromatic carbocycles. The van der Waals surface area contributed by atoms with Gasteiger partial charge in [0.05, 0.1) is 11.5 Å². The van der Waals surface area contributed by atoms with E-state index in [2.05, 4.69) is 15.3 Å². The molecule has 3 N–H and O–H groups in total. The molecule has 11 heteroatoms. The highest BCUT2D eigenvalue weighted by atomic mass is 32.1. The SMILES string of the molecule is Nc1ncc(C2CC2)c(N2CCN(CC(=O)Nc3nccs3)CC2)c1[N+](=O)[O-]. The number of nitrogens with zero attached hydrogens (tertiary/aromatic N) is 5. The van der Waals surface area contributed by atoms with E-state index in [0.717, 1.165) is 18.4 Å². The van der Waals surface area contributed by atoms with Crippen molar-refractivity contribution in [2.75, 3.05) is 48.7 Å². The summed E-state index contributed by atoms with van der Waals surface area (Å²) in [5.41, 5.74) is 7.25. The monoisotopic (exact) mass is 403 g/mol. The Morgan fingerprint density at radius 1 is 1.32 bits per heavy atom. The maximum Gasteiger partial charge on any atom is 0.334 e. The molecule has 0 unspecified atom stereocenters.